The zero-order valence-electron chi connectivity index (χ0n) is 19.9. The first-order valence-electron chi connectivity index (χ1n) is 11.7. The molecule has 0 aliphatic rings. The minimum absolute atomic E-state index is 0.170. The highest BCUT2D eigenvalue weighted by Gasteiger charge is 2.10. The molecule has 5 heteroatoms. The molecule has 5 rings (SSSR count). The largest absolute Gasteiger partial charge is 0.488 e. The molecule has 1 amide bonds. The Morgan fingerprint density at radius 1 is 0.886 bits per heavy atom. The Hall–Kier alpha value is -4.38. The van der Waals surface area contributed by atoms with Gasteiger partial charge in [-0.25, -0.2) is 0 Å². The summed E-state index contributed by atoms with van der Waals surface area (Å²) in [5.41, 5.74) is 5.67. The number of ether oxygens (including phenoxy) is 1. The monoisotopic (exact) mass is 461 g/mol. The molecule has 0 aliphatic carbocycles. The van der Waals surface area contributed by atoms with E-state index in [1.807, 2.05) is 79.3 Å². The number of rotatable bonds is 7. The maximum atomic E-state index is 12.8. The number of aromatic nitrogens is 2. The van der Waals surface area contributed by atoms with E-state index in [-0.39, 0.29) is 5.91 Å². The van der Waals surface area contributed by atoms with Gasteiger partial charge in [-0.15, -0.1) is 0 Å². The van der Waals surface area contributed by atoms with E-state index in [1.54, 1.807) is 6.20 Å². The van der Waals surface area contributed by atoms with Crippen LogP contribution in [-0.2, 0) is 13.2 Å². The molecule has 0 unspecified atom stereocenters. The van der Waals surface area contributed by atoms with Gasteiger partial charge in [-0.1, -0.05) is 72.8 Å². The third kappa shape index (κ3) is 5.09. The highest BCUT2D eigenvalue weighted by molar-refractivity contribution is 6.04. The van der Waals surface area contributed by atoms with E-state index in [4.69, 9.17) is 4.74 Å². The van der Waals surface area contributed by atoms with Crippen LogP contribution < -0.4 is 10.1 Å². The Bertz CT molecular complexity index is 1460. The van der Waals surface area contributed by atoms with Crippen molar-refractivity contribution in [1.29, 1.82) is 0 Å². The first kappa shape index (κ1) is 22.4. The van der Waals surface area contributed by atoms with Crippen LogP contribution >= 0.6 is 0 Å². The Balaban J connectivity index is 1.21. The van der Waals surface area contributed by atoms with Crippen LogP contribution in [0.1, 0.15) is 32.6 Å². The molecule has 35 heavy (non-hydrogen) atoms. The number of para-hydroxylation sites is 1. The minimum Gasteiger partial charge on any atom is -0.488 e. The van der Waals surface area contributed by atoms with E-state index in [9.17, 15) is 4.79 Å². The Morgan fingerprint density at radius 2 is 1.60 bits per heavy atom. The molecule has 5 nitrogen and oxygen atoms in total. The fourth-order valence-electron chi connectivity index (χ4n) is 4.26. The number of aryl methyl sites for hydroxylation is 2. The number of hydrogen-bond donors (Lipinski definition) is 1. The van der Waals surface area contributed by atoms with Gasteiger partial charge in [0, 0.05) is 11.8 Å². The second-order valence-electron chi connectivity index (χ2n) is 8.73. The summed E-state index contributed by atoms with van der Waals surface area (Å²) in [7, 11) is 0. The number of anilines is 1. The summed E-state index contributed by atoms with van der Waals surface area (Å²) in [4.78, 5) is 12.8. The summed E-state index contributed by atoms with van der Waals surface area (Å²) in [5, 5.41) is 9.78. The molecule has 0 aliphatic heterocycles. The number of carbonyl (C=O) groups excluding carboxylic acids is 1. The molecule has 1 aromatic heterocycles. The number of hydrogen-bond acceptors (Lipinski definition) is 3. The average Bonchev–Trinajstić information content (AvgIpc) is 3.31. The highest BCUT2D eigenvalue weighted by Crippen LogP contribution is 2.24. The molecule has 0 saturated heterocycles. The normalized spacial score (nSPS) is 10.9. The summed E-state index contributed by atoms with van der Waals surface area (Å²) < 4.78 is 7.86. The van der Waals surface area contributed by atoms with Crippen LogP contribution in [-0.4, -0.2) is 15.7 Å². The topological polar surface area (TPSA) is 56.1 Å². The van der Waals surface area contributed by atoms with Gasteiger partial charge in [0.25, 0.3) is 5.91 Å². The second kappa shape index (κ2) is 9.85. The van der Waals surface area contributed by atoms with E-state index in [1.165, 1.54) is 16.3 Å². The standard InChI is InChI=1S/C30H27N3O2/c1-21-7-5-8-22(2)29(21)35-20-23-13-15-25(16-14-23)30(34)32-27-17-31-33(19-27)18-26-11-6-10-24-9-3-4-12-28(24)26/h3-17,19H,18,20H2,1-2H3,(H,32,34). The van der Waals surface area contributed by atoms with Crippen molar-refractivity contribution in [2.75, 3.05) is 5.32 Å². The van der Waals surface area contributed by atoms with Crippen molar-refractivity contribution >= 4 is 22.4 Å². The van der Waals surface area contributed by atoms with Crippen molar-refractivity contribution in [3.63, 3.8) is 0 Å². The molecule has 1 heterocycles. The highest BCUT2D eigenvalue weighted by atomic mass is 16.5. The van der Waals surface area contributed by atoms with Gasteiger partial charge < -0.3 is 10.1 Å². The number of benzene rings is 4. The lowest BCUT2D eigenvalue weighted by molar-refractivity contribution is 0.102. The number of carbonyl (C=O) groups is 1. The lowest BCUT2D eigenvalue weighted by Gasteiger charge is -2.12. The molecule has 0 atom stereocenters. The van der Waals surface area contributed by atoms with Gasteiger partial charge in [0.2, 0.25) is 0 Å². The molecule has 1 N–H and O–H groups in total. The first-order chi connectivity index (χ1) is 17.1. The fourth-order valence-corrected chi connectivity index (χ4v) is 4.26. The molecule has 0 bridgehead atoms. The van der Waals surface area contributed by atoms with Gasteiger partial charge in [0.1, 0.15) is 12.4 Å². The number of fused-ring (bicyclic) bond motifs is 1. The van der Waals surface area contributed by atoms with Gasteiger partial charge in [0.05, 0.1) is 18.4 Å². The van der Waals surface area contributed by atoms with Crippen LogP contribution in [0.15, 0.2) is 97.3 Å². The van der Waals surface area contributed by atoms with Crippen molar-refractivity contribution in [3.05, 3.63) is 125 Å². The third-order valence-electron chi connectivity index (χ3n) is 6.11. The van der Waals surface area contributed by atoms with E-state index >= 15 is 0 Å². The molecule has 0 saturated carbocycles. The Labute approximate surface area is 205 Å². The van der Waals surface area contributed by atoms with Crippen LogP contribution in [0.5, 0.6) is 5.75 Å². The van der Waals surface area contributed by atoms with E-state index in [0.29, 0.717) is 24.4 Å². The fraction of sp³-hybridized carbons (Fsp3) is 0.133. The van der Waals surface area contributed by atoms with Crippen LogP contribution in [0.25, 0.3) is 10.8 Å². The zero-order chi connectivity index (χ0) is 24.2. The number of nitrogens with zero attached hydrogens (tertiary/aromatic N) is 2. The smallest absolute Gasteiger partial charge is 0.255 e. The van der Waals surface area contributed by atoms with Gasteiger partial charge >= 0.3 is 0 Å². The summed E-state index contributed by atoms with van der Waals surface area (Å²) in [6.07, 6.45) is 3.53. The van der Waals surface area contributed by atoms with Gasteiger partial charge in [0.15, 0.2) is 0 Å². The van der Waals surface area contributed by atoms with E-state index in [0.717, 1.165) is 22.4 Å². The summed E-state index contributed by atoms with van der Waals surface area (Å²) in [6, 6.07) is 28.2. The SMILES string of the molecule is Cc1cccc(C)c1OCc1ccc(C(=O)Nc2cnn(Cc3cccc4ccccc34)c2)cc1. The molecular weight excluding hydrogens is 434 g/mol. The molecule has 4 aromatic carbocycles. The number of amides is 1. The third-order valence-corrected chi connectivity index (χ3v) is 6.11. The van der Waals surface area contributed by atoms with Crippen LogP contribution in [0.2, 0.25) is 0 Å². The molecular formula is C30H27N3O2. The van der Waals surface area contributed by atoms with Crippen LogP contribution in [0.4, 0.5) is 5.69 Å². The van der Waals surface area contributed by atoms with Crippen molar-refractivity contribution in [1.82, 2.24) is 9.78 Å². The molecule has 174 valence electrons. The average molecular weight is 462 g/mol. The van der Waals surface area contributed by atoms with E-state index < -0.39 is 0 Å². The Morgan fingerprint density at radius 3 is 2.40 bits per heavy atom. The maximum Gasteiger partial charge on any atom is 0.255 e. The maximum absolute atomic E-state index is 12.8. The summed E-state index contributed by atoms with van der Waals surface area (Å²) >= 11 is 0. The van der Waals surface area contributed by atoms with Crippen molar-refractivity contribution in [2.24, 2.45) is 0 Å². The quantitative estimate of drug-likeness (QED) is 0.300. The van der Waals surface area contributed by atoms with E-state index in [2.05, 4.69) is 40.7 Å². The summed E-state index contributed by atoms with van der Waals surface area (Å²) in [5.74, 6) is 0.742. The predicted molar refractivity (Wildman–Crippen MR) is 140 cm³/mol. The second-order valence-corrected chi connectivity index (χ2v) is 8.73. The van der Waals surface area contributed by atoms with Crippen molar-refractivity contribution < 1.29 is 9.53 Å². The lowest BCUT2D eigenvalue weighted by atomic mass is 10.0. The number of nitrogens with one attached hydrogen (secondary N) is 1. The van der Waals surface area contributed by atoms with Crippen molar-refractivity contribution in [3.8, 4) is 5.75 Å². The Kier molecular flexibility index (Phi) is 6.31. The zero-order valence-corrected chi connectivity index (χ0v) is 19.9. The molecule has 0 radical (unpaired) electrons. The molecule has 0 fully saturated rings. The van der Waals surface area contributed by atoms with Crippen molar-refractivity contribution in [2.45, 2.75) is 27.0 Å². The van der Waals surface area contributed by atoms with Crippen LogP contribution in [0.3, 0.4) is 0 Å². The first-order valence-corrected chi connectivity index (χ1v) is 11.7. The van der Waals surface area contributed by atoms with Gasteiger partial charge in [-0.3, -0.25) is 9.48 Å². The van der Waals surface area contributed by atoms with Gasteiger partial charge in [-0.2, -0.15) is 5.10 Å². The molecule has 0 spiro atoms. The van der Waals surface area contributed by atoms with Gasteiger partial charge in [-0.05, 0) is 59.0 Å². The predicted octanol–water partition coefficient (Wildman–Crippen LogP) is 6.53. The van der Waals surface area contributed by atoms with Crippen LogP contribution in [0, 0.1) is 13.8 Å². The lowest BCUT2D eigenvalue weighted by Crippen LogP contribution is -2.11. The minimum atomic E-state index is -0.170. The summed E-state index contributed by atoms with van der Waals surface area (Å²) in [6.45, 7) is 5.17. The molecule has 5 aromatic rings.